The van der Waals surface area contributed by atoms with E-state index < -0.39 is 29.9 Å². The molecule has 0 saturated carbocycles. The quantitative estimate of drug-likeness (QED) is 0.634. The largest absolute Gasteiger partial charge is 0.480 e. The fourth-order valence-corrected chi connectivity index (χ4v) is 1.67. The van der Waals surface area contributed by atoms with E-state index in [1.165, 1.54) is 0 Å². The van der Waals surface area contributed by atoms with E-state index in [2.05, 4.69) is 5.32 Å². The summed E-state index contributed by atoms with van der Waals surface area (Å²) in [6, 6.07) is -0.884. The van der Waals surface area contributed by atoms with Crippen molar-refractivity contribution in [2.75, 3.05) is 12.3 Å². The fourth-order valence-electron chi connectivity index (χ4n) is 0.751. The maximum Gasteiger partial charge on any atom is 0.322 e. The van der Waals surface area contributed by atoms with Crippen LogP contribution in [0.15, 0.2) is 0 Å². The molecule has 0 aliphatic rings. The number of hydrogen-bond donors (Lipinski definition) is 3. The van der Waals surface area contributed by atoms with Gasteiger partial charge in [-0.3, -0.25) is 14.4 Å². The minimum atomic E-state index is -1.14. The number of amides is 1. The molecule has 0 aliphatic heterocycles. The normalized spacial score (nSPS) is 12.9. The van der Waals surface area contributed by atoms with Gasteiger partial charge in [-0.2, -0.15) is 0 Å². The van der Waals surface area contributed by atoms with Crippen molar-refractivity contribution >= 4 is 28.8 Å². The van der Waals surface area contributed by atoms with Crippen molar-refractivity contribution in [3.8, 4) is 0 Å². The van der Waals surface area contributed by atoms with E-state index in [1.807, 2.05) is 0 Å². The molecule has 0 spiro atoms. The maximum absolute atomic E-state index is 11.5. The first-order chi connectivity index (χ1) is 7.64. The van der Waals surface area contributed by atoms with E-state index in [1.54, 1.807) is 20.8 Å². The molecule has 4 N–H and O–H groups in total. The SMILES string of the molecule is CC(C)(C)C(=O)SC[C@H](N)C(=O)NCC(=O)O. The second kappa shape index (κ2) is 6.61. The van der Waals surface area contributed by atoms with E-state index in [9.17, 15) is 14.4 Å². The number of nitrogens with two attached hydrogens (primary N) is 1. The van der Waals surface area contributed by atoms with Gasteiger partial charge in [-0.05, 0) is 0 Å². The fraction of sp³-hybridized carbons (Fsp3) is 0.700. The predicted octanol–water partition coefficient (Wildman–Crippen LogP) is -0.180. The summed E-state index contributed by atoms with van der Waals surface area (Å²) in [6.07, 6.45) is 0. The lowest BCUT2D eigenvalue weighted by molar-refractivity contribution is -0.138. The second-order valence-electron chi connectivity index (χ2n) is 4.57. The standard InChI is InChI=1S/C10H18N2O4S/c1-10(2,3)9(16)17-5-6(11)8(15)12-4-7(13)14/h6H,4-5,11H2,1-3H3,(H,12,15)(H,13,14)/t6-/m0/s1. The lowest BCUT2D eigenvalue weighted by atomic mass is 10.00. The third kappa shape index (κ3) is 6.96. The van der Waals surface area contributed by atoms with Gasteiger partial charge < -0.3 is 16.2 Å². The summed E-state index contributed by atoms with van der Waals surface area (Å²) >= 11 is 0.982. The number of aliphatic carboxylic acids is 1. The molecule has 6 nitrogen and oxygen atoms in total. The van der Waals surface area contributed by atoms with Crippen molar-refractivity contribution in [2.24, 2.45) is 11.1 Å². The molecule has 0 unspecified atom stereocenters. The van der Waals surface area contributed by atoms with Gasteiger partial charge in [0.2, 0.25) is 5.91 Å². The summed E-state index contributed by atoms with van der Waals surface area (Å²) in [5.74, 6) is -1.56. The average molecular weight is 262 g/mol. The van der Waals surface area contributed by atoms with Gasteiger partial charge in [-0.25, -0.2) is 0 Å². The summed E-state index contributed by atoms with van der Waals surface area (Å²) < 4.78 is 0. The van der Waals surface area contributed by atoms with Gasteiger partial charge in [0, 0.05) is 11.2 Å². The summed E-state index contributed by atoms with van der Waals surface area (Å²) in [5.41, 5.74) is 5.03. The minimum absolute atomic E-state index is 0.0565. The van der Waals surface area contributed by atoms with E-state index in [-0.39, 0.29) is 10.9 Å². The molecule has 0 aliphatic carbocycles. The molecule has 0 saturated heterocycles. The minimum Gasteiger partial charge on any atom is -0.480 e. The van der Waals surface area contributed by atoms with Crippen LogP contribution in [0.5, 0.6) is 0 Å². The Hall–Kier alpha value is -1.08. The van der Waals surface area contributed by atoms with Gasteiger partial charge >= 0.3 is 5.97 Å². The molecule has 0 aromatic rings. The molecule has 98 valence electrons. The monoisotopic (exact) mass is 262 g/mol. The molecule has 0 rings (SSSR count). The van der Waals surface area contributed by atoms with Crippen LogP contribution in [0.25, 0.3) is 0 Å². The van der Waals surface area contributed by atoms with Crippen molar-refractivity contribution in [3.63, 3.8) is 0 Å². The van der Waals surface area contributed by atoms with E-state index in [0.29, 0.717) is 0 Å². The van der Waals surface area contributed by atoms with Crippen LogP contribution >= 0.6 is 11.8 Å². The molecule has 0 fully saturated rings. The van der Waals surface area contributed by atoms with E-state index in [0.717, 1.165) is 11.8 Å². The Morgan fingerprint density at radius 1 is 1.35 bits per heavy atom. The Bertz CT molecular complexity index is 312. The summed E-state index contributed by atoms with van der Waals surface area (Å²) in [5, 5.41) is 10.5. The van der Waals surface area contributed by atoms with Gasteiger partial charge in [0.05, 0.1) is 6.04 Å². The van der Waals surface area contributed by atoms with E-state index in [4.69, 9.17) is 10.8 Å². The maximum atomic E-state index is 11.5. The number of carbonyl (C=O) groups is 3. The van der Waals surface area contributed by atoms with Crippen molar-refractivity contribution in [1.82, 2.24) is 5.32 Å². The third-order valence-corrected chi connectivity index (χ3v) is 3.16. The van der Waals surface area contributed by atoms with Crippen LogP contribution in [0.3, 0.4) is 0 Å². The molecular weight excluding hydrogens is 244 g/mol. The van der Waals surface area contributed by atoms with Crippen LogP contribution in [-0.4, -0.2) is 40.4 Å². The second-order valence-corrected chi connectivity index (χ2v) is 5.56. The molecule has 7 heteroatoms. The highest BCUT2D eigenvalue weighted by Gasteiger charge is 2.24. The van der Waals surface area contributed by atoms with Crippen molar-refractivity contribution < 1.29 is 19.5 Å². The molecule has 0 bridgehead atoms. The van der Waals surface area contributed by atoms with Crippen LogP contribution in [0.1, 0.15) is 20.8 Å². The first kappa shape index (κ1) is 15.9. The van der Waals surface area contributed by atoms with Crippen molar-refractivity contribution in [1.29, 1.82) is 0 Å². The Morgan fingerprint density at radius 3 is 2.29 bits per heavy atom. The third-order valence-electron chi connectivity index (χ3n) is 1.76. The lowest BCUT2D eigenvalue weighted by Crippen LogP contribution is -2.44. The molecule has 0 radical (unpaired) electrons. The first-order valence-electron chi connectivity index (χ1n) is 5.07. The first-order valence-corrected chi connectivity index (χ1v) is 6.05. The molecule has 1 atom stereocenters. The summed E-state index contributed by atoms with van der Waals surface area (Å²) in [6.45, 7) is 4.86. The molecule has 0 heterocycles. The zero-order chi connectivity index (χ0) is 13.6. The molecule has 1 amide bonds. The van der Waals surface area contributed by atoms with Crippen LogP contribution < -0.4 is 11.1 Å². The highest BCUT2D eigenvalue weighted by Crippen LogP contribution is 2.22. The van der Waals surface area contributed by atoms with Crippen LogP contribution in [0.2, 0.25) is 0 Å². The van der Waals surface area contributed by atoms with Crippen LogP contribution in [0, 0.1) is 5.41 Å². The zero-order valence-electron chi connectivity index (χ0n) is 10.1. The number of nitrogens with one attached hydrogen (secondary N) is 1. The number of carboxylic acids is 1. The number of hydrogen-bond acceptors (Lipinski definition) is 5. The predicted molar refractivity (Wildman–Crippen MR) is 65.5 cm³/mol. The Labute approximate surface area is 104 Å². The molecule has 17 heavy (non-hydrogen) atoms. The summed E-state index contributed by atoms with van der Waals surface area (Å²) in [7, 11) is 0. The molecular formula is C10H18N2O4S. The van der Waals surface area contributed by atoms with Crippen LogP contribution in [-0.2, 0) is 14.4 Å². The van der Waals surface area contributed by atoms with Crippen molar-refractivity contribution in [3.05, 3.63) is 0 Å². The topological polar surface area (TPSA) is 109 Å². The Morgan fingerprint density at radius 2 is 1.88 bits per heavy atom. The number of thioether (sulfide) groups is 1. The zero-order valence-corrected chi connectivity index (χ0v) is 11.0. The number of carbonyl (C=O) groups excluding carboxylic acids is 2. The van der Waals surface area contributed by atoms with Gasteiger partial charge in [-0.1, -0.05) is 32.5 Å². The van der Waals surface area contributed by atoms with Gasteiger partial charge in [0.15, 0.2) is 5.12 Å². The smallest absolute Gasteiger partial charge is 0.322 e. The number of rotatable bonds is 5. The highest BCUT2D eigenvalue weighted by molar-refractivity contribution is 8.13. The Kier molecular flexibility index (Phi) is 6.19. The van der Waals surface area contributed by atoms with Gasteiger partial charge in [0.1, 0.15) is 6.54 Å². The van der Waals surface area contributed by atoms with Crippen LogP contribution in [0.4, 0.5) is 0 Å². The highest BCUT2D eigenvalue weighted by atomic mass is 32.2. The summed E-state index contributed by atoms with van der Waals surface area (Å²) in [4.78, 5) is 33.0. The molecule has 0 aromatic carbocycles. The van der Waals surface area contributed by atoms with Gasteiger partial charge in [0.25, 0.3) is 0 Å². The lowest BCUT2D eigenvalue weighted by Gasteiger charge is -2.17. The van der Waals surface area contributed by atoms with Gasteiger partial charge in [-0.15, -0.1) is 0 Å². The molecule has 0 aromatic heterocycles. The van der Waals surface area contributed by atoms with E-state index >= 15 is 0 Å². The number of carboxylic acid groups (broad SMARTS) is 1. The average Bonchev–Trinajstić information content (AvgIpc) is 2.20. The Balaban J connectivity index is 4.02. The van der Waals surface area contributed by atoms with Crippen molar-refractivity contribution in [2.45, 2.75) is 26.8 Å².